The first kappa shape index (κ1) is 23.1. The lowest BCUT2D eigenvalue weighted by Crippen LogP contribution is -2.46. The molecule has 0 aliphatic carbocycles. The number of halogens is 1. The van der Waals surface area contributed by atoms with Gasteiger partial charge < -0.3 is 15.4 Å². The van der Waals surface area contributed by atoms with Crippen molar-refractivity contribution in [1.29, 1.82) is 0 Å². The van der Waals surface area contributed by atoms with Gasteiger partial charge in [0.1, 0.15) is 5.75 Å². The largest absolute Gasteiger partial charge is 0.495 e. The lowest BCUT2D eigenvalue weighted by atomic mass is 9.93. The van der Waals surface area contributed by atoms with Crippen molar-refractivity contribution >= 4 is 29.7 Å². The quantitative estimate of drug-likeness (QED) is 0.514. The third-order valence-electron chi connectivity index (χ3n) is 5.03. The van der Waals surface area contributed by atoms with Crippen molar-refractivity contribution < 1.29 is 14.5 Å². The summed E-state index contributed by atoms with van der Waals surface area (Å²) in [6, 6.07) is 3.87. The Bertz CT molecular complexity index is 636. The molecule has 1 amide bonds. The Kier molecular flexibility index (Phi) is 9.48. The van der Waals surface area contributed by atoms with Gasteiger partial charge in [0.2, 0.25) is 5.91 Å². The van der Waals surface area contributed by atoms with Gasteiger partial charge in [0.15, 0.2) is 0 Å². The number of likely N-dealkylation sites (tertiary alicyclic amines) is 1. The van der Waals surface area contributed by atoms with E-state index in [0.29, 0.717) is 17.4 Å². The third kappa shape index (κ3) is 6.34. The van der Waals surface area contributed by atoms with Crippen molar-refractivity contribution in [3.05, 3.63) is 28.3 Å². The van der Waals surface area contributed by atoms with Gasteiger partial charge in [-0.2, -0.15) is 0 Å². The van der Waals surface area contributed by atoms with Gasteiger partial charge in [0, 0.05) is 12.1 Å². The van der Waals surface area contributed by atoms with Gasteiger partial charge >= 0.3 is 0 Å². The van der Waals surface area contributed by atoms with Crippen LogP contribution >= 0.6 is 12.4 Å². The molecule has 1 heterocycles. The van der Waals surface area contributed by atoms with E-state index in [9.17, 15) is 14.9 Å². The van der Waals surface area contributed by atoms with Crippen LogP contribution in [-0.4, -0.2) is 55.6 Å². The third-order valence-corrected chi connectivity index (χ3v) is 5.03. The van der Waals surface area contributed by atoms with Crippen LogP contribution in [-0.2, 0) is 4.79 Å². The van der Waals surface area contributed by atoms with Crippen LogP contribution in [0.4, 0.5) is 11.4 Å². The molecule has 1 aromatic rings. The van der Waals surface area contributed by atoms with Crippen molar-refractivity contribution in [3.63, 3.8) is 0 Å². The van der Waals surface area contributed by atoms with Gasteiger partial charge in [0.25, 0.3) is 5.69 Å². The predicted molar refractivity (Wildman–Crippen MR) is 108 cm³/mol. The highest BCUT2D eigenvalue weighted by Gasteiger charge is 2.27. The zero-order valence-electron chi connectivity index (χ0n) is 16.1. The number of anilines is 1. The second-order valence-electron chi connectivity index (χ2n) is 6.68. The molecule has 1 fully saturated rings. The minimum Gasteiger partial charge on any atom is -0.495 e. The average molecular weight is 401 g/mol. The predicted octanol–water partition coefficient (Wildman–Crippen LogP) is 2.67. The van der Waals surface area contributed by atoms with Gasteiger partial charge in [-0.05, 0) is 64.9 Å². The number of nitro groups is 1. The first-order valence-electron chi connectivity index (χ1n) is 8.98. The molecule has 0 saturated carbocycles. The average Bonchev–Trinajstić information content (AvgIpc) is 2.66. The van der Waals surface area contributed by atoms with Crippen molar-refractivity contribution in [2.24, 2.45) is 5.92 Å². The Morgan fingerprint density at radius 2 is 2.07 bits per heavy atom. The van der Waals surface area contributed by atoms with Gasteiger partial charge in [-0.1, -0.05) is 0 Å². The van der Waals surface area contributed by atoms with Gasteiger partial charge in [-0.3, -0.25) is 19.8 Å². The van der Waals surface area contributed by atoms with Crippen LogP contribution < -0.4 is 15.4 Å². The Hall–Kier alpha value is -1.90. The molecule has 0 bridgehead atoms. The molecule has 2 rings (SSSR count). The number of nitro benzene ring substituents is 1. The van der Waals surface area contributed by atoms with Crippen LogP contribution in [0.5, 0.6) is 5.75 Å². The zero-order chi connectivity index (χ0) is 19.1. The van der Waals surface area contributed by atoms with Gasteiger partial charge in [-0.25, -0.2) is 0 Å². The Morgan fingerprint density at radius 1 is 1.41 bits per heavy atom. The maximum absolute atomic E-state index is 12.6. The first-order chi connectivity index (χ1) is 12.5. The number of nitrogens with zero attached hydrogens (tertiary/aromatic N) is 2. The van der Waals surface area contributed by atoms with Crippen molar-refractivity contribution in [1.82, 2.24) is 10.2 Å². The van der Waals surface area contributed by atoms with E-state index in [-0.39, 0.29) is 30.0 Å². The molecule has 1 aliphatic heterocycles. The highest BCUT2D eigenvalue weighted by molar-refractivity contribution is 5.96. The summed E-state index contributed by atoms with van der Waals surface area (Å²) in [6.45, 7) is 4.66. The number of piperidine rings is 1. The highest BCUT2D eigenvalue weighted by Crippen LogP contribution is 2.29. The number of rotatable bonds is 8. The molecule has 1 saturated heterocycles. The highest BCUT2D eigenvalue weighted by atomic mass is 35.5. The molecule has 0 aromatic heterocycles. The Morgan fingerprint density at radius 3 is 2.63 bits per heavy atom. The van der Waals surface area contributed by atoms with E-state index in [2.05, 4.69) is 15.5 Å². The summed E-state index contributed by atoms with van der Waals surface area (Å²) in [5, 5.41) is 16.9. The van der Waals surface area contributed by atoms with Gasteiger partial charge in [0.05, 0.1) is 23.8 Å². The molecule has 1 aliphatic rings. The number of carbonyl (C=O) groups excluding carboxylic acids is 1. The van der Waals surface area contributed by atoms with Crippen LogP contribution in [0.1, 0.15) is 26.2 Å². The molecule has 152 valence electrons. The monoisotopic (exact) mass is 400 g/mol. The van der Waals surface area contributed by atoms with Crippen molar-refractivity contribution in [2.75, 3.05) is 39.1 Å². The topological polar surface area (TPSA) is 96.7 Å². The van der Waals surface area contributed by atoms with Crippen molar-refractivity contribution in [2.45, 2.75) is 32.2 Å². The number of carbonyl (C=O) groups is 1. The van der Waals surface area contributed by atoms with Crippen LogP contribution in [0.15, 0.2) is 18.2 Å². The normalized spacial score (nSPS) is 16.3. The lowest BCUT2D eigenvalue weighted by molar-refractivity contribution is -0.384. The second-order valence-corrected chi connectivity index (χ2v) is 6.68. The SMILES string of the molecule is CNCCC1CCN(C(C)C(=O)Nc2cc([N+](=O)[O-])ccc2OC)CC1.Cl. The summed E-state index contributed by atoms with van der Waals surface area (Å²) in [7, 11) is 3.43. The molecule has 27 heavy (non-hydrogen) atoms. The van der Waals surface area contributed by atoms with E-state index in [1.54, 1.807) is 0 Å². The zero-order valence-corrected chi connectivity index (χ0v) is 16.9. The fourth-order valence-corrected chi connectivity index (χ4v) is 3.29. The van der Waals surface area contributed by atoms with Gasteiger partial charge in [-0.15, -0.1) is 12.4 Å². The molecular weight excluding hydrogens is 372 g/mol. The van der Waals surface area contributed by atoms with Crippen LogP contribution in [0.2, 0.25) is 0 Å². The number of hydrogen-bond donors (Lipinski definition) is 2. The summed E-state index contributed by atoms with van der Waals surface area (Å²) in [4.78, 5) is 25.3. The minimum absolute atomic E-state index is 0. The number of amides is 1. The van der Waals surface area contributed by atoms with E-state index in [0.717, 1.165) is 38.9 Å². The summed E-state index contributed by atoms with van der Waals surface area (Å²) >= 11 is 0. The number of ether oxygens (including phenoxy) is 1. The number of benzene rings is 1. The molecule has 9 heteroatoms. The number of methoxy groups -OCH3 is 1. The van der Waals surface area contributed by atoms with E-state index >= 15 is 0 Å². The van der Waals surface area contributed by atoms with E-state index in [1.165, 1.54) is 25.3 Å². The molecule has 8 nitrogen and oxygen atoms in total. The standard InChI is InChI=1S/C18H28N4O4.ClH/c1-13(21-10-7-14(8-11-21)6-9-19-2)18(23)20-16-12-15(22(24)25)4-5-17(16)26-3;/h4-5,12-14,19H,6-11H2,1-3H3,(H,20,23);1H. The molecule has 0 radical (unpaired) electrons. The summed E-state index contributed by atoms with van der Waals surface area (Å²) < 4.78 is 5.20. The Labute approximate surface area is 166 Å². The number of hydrogen-bond acceptors (Lipinski definition) is 6. The summed E-state index contributed by atoms with van der Waals surface area (Å²) in [5.41, 5.74) is 0.238. The first-order valence-corrected chi connectivity index (χ1v) is 8.98. The van der Waals surface area contributed by atoms with Crippen LogP contribution in [0, 0.1) is 16.0 Å². The van der Waals surface area contributed by atoms with Crippen LogP contribution in [0.25, 0.3) is 0 Å². The second kappa shape index (κ2) is 11.1. The maximum atomic E-state index is 12.6. The molecule has 1 atom stereocenters. The molecule has 1 aromatic carbocycles. The smallest absolute Gasteiger partial charge is 0.271 e. The van der Waals surface area contributed by atoms with Crippen LogP contribution in [0.3, 0.4) is 0 Å². The maximum Gasteiger partial charge on any atom is 0.271 e. The molecule has 0 spiro atoms. The fourth-order valence-electron chi connectivity index (χ4n) is 3.29. The fraction of sp³-hybridized carbons (Fsp3) is 0.611. The number of nitrogens with one attached hydrogen (secondary N) is 2. The van der Waals surface area contributed by atoms with Crippen molar-refractivity contribution in [3.8, 4) is 5.75 Å². The summed E-state index contributed by atoms with van der Waals surface area (Å²) in [5.74, 6) is 0.922. The van der Waals surface area contributed by atoms with E-state index in [4.69, 9.17) is 4.74 Å². The molecule has 2 N–H and O–H groups in total. The minimum atomic E-state index is -0.492. The van der Waals surface area contributed by atoms with E-state index < -0.39 is 4.92 Å². The molecule has 1 unspecified atom stereocenters. The lowest BCUT2D eigenvalue weighted by Gasteiger charge is -2.35. The van der Waals surface area contributed by atoms with E-state index in [1.807, 2.05) is 14.0 Å². The Balaban J connectivity index is 0.00000364. The summed E-state index contributed by atoms with van der Waals surface area (Å²) in [6.07, 6.45) is 3.33. The molecular formula is C18H29ClN4O4. The number of non-ortho nitro benzene ring substituents is 1.